The van der Waals surface area contributed by atoms with E-state index >= 15 is 0 Å². The minimum absolute atomic E-state index is 0.149. The van der Waals surface area contributed by atoms with Crippen LogP contribution in [0.15, 0.2) is 60.9 Å². The number of anilines is 1. The molecule has 3 heterocycles. The monoisotopic (exact) mass is 493 g/mol. The molecule has 0 bridgehead atoms. The third kappa shape index (κ3) is 4.74. The third-order valence-corrected chi connectivity index (χ3v) is 6.92. The Hall–Kier alpha value is -3.09. The van der Waals surface area contributed by atoms with E-state index in [2.05, 4.69) is 32.8 Å². The molecule has 2 aromatic carbocycles. The molecular formula is C26H25Cl2N5O. The first-order valence-corrected chi connectivity index (χ1v) is 12.1. The summed E-state index contributed by atoms with van der Waals surface area (Å²) in [6.07, 6.45) is 2.08. The van der Waals surface area contributed by atoms with Crippen LogP contribution < -0.4 is 4.90 Å². The molecule has 1 amide bonds. The Bertz CT molecular complexity index is 1300. The number of carbonyl (C=O) groups is 1. The SMILES string of the molecule is C[C@@H](CC(=O)N1CCN(c2ncnc3[nH]c(-c4ccc(Cl)cc4)cc23)CC1)c1ccc(Cl)cc1. The summed E-state index contributed by atoms with van der Waals surface area (Å²) in [5, 5.41) is 2.39. The van der Waals surface area contributed by atoms with Crippen LogP contribution in [0.3, 0.4) is 0 Å². The van der Waals surface area contributed by atoms with Gasteiger partial charge in [0.05, 0.1) is 5.39 Å². The number of amides is 1. The second-order valence-electron chi connectivity index (χ2n) is 8.67. The van der Waals surface area contributed by atoms with Gasteiger partial charge in [-0.15, -0.1) is 0 Å². The molecule has 1 aliphatic rings. The number of nitrogens with zero attached hydrogens (tertiary/aromatic N) is 4. The van der Waals surface area contributed by atoms with Crippen molar-refractivity contribution >= 4 is 46.0 Å². The molecule has 0 aliphatic carbocycles. The zero-order chi connectivity index (χ0) is 23.7. The second-order valence-corrected chi connectivity index (χ2v) is 9.55. The second kappa shape index (κ2) is 9.65. The first-order valence-electron chi connectivity index (χ1n) is 11.4. The Balaban J connectivity index is 1.26. The highest BCUT2D eigenvalue weighted by molar-refractivity contribution is 6.30. The zero-order valence-corrected chi connectivity index (χ0v) is 20.4. The number of fused-ring (bicyclic) bond motifs is 1. The quantitative estimate of drug-likeness (QED) is 0.382. The van der Waals surface area contributed by atoms with Crippen molar-refractivity contribution in [2.45, 2.75) is 19.3 Å². The van der Waals surface area contributed by atoms with Crippen LogP contribution in [0.25, 0.3) is 22.3 Å². The maximum atomic E-state index is 12.9. The fraction of sp³-hybridized carbons (Fsp3) is 0.269. The lowest BCUT2D eigenvalue weighted by Gasteiger charge is -2.36. The van der Waals surface area contributed by atoms with Crippen LogP contribution >= 0.6 is 23.2 Å². The predicted molar refractivity (Wildman–Crippen MR) is 138 cm³/mol. The van der Waals surface area contributed by atoms with Crippen LogP contribution in [-0.4, -0.2) is 51.9 Å². The number of hydrogen-bond donors (Lipinski definition) is 1. The standard InChI is InChI=1S/C26H25Cl2N5O/c1-17(18-2-6-20(27)7-3-18)14-24(34)32-10-12-33(13-11-32)26-22-15-23(31-25(22)29-16-30-26)19-4-8-21(28)9-5-19/h2-9,15-17H,10-14H2,1H3,(H,29,30,31)/t17-/m0/s1. The minimum atomic E-state index is 0.149. The van der Waals surface area contributed by atoms with E-state index in [0.29, 0.717) is 29.6 Å². The lowest BCUT2D eigenvalue weighted by Crippen LogP contribution is -2.49. The number of hydrogen-bond acceptors (Lipinski definition) is 4. The van der Waals surface area contributed by atoms with Gasteiger partial charge in [-0.2, -0.15) is 0 Å². The van der Waals surface area contributed by atoms with Gasteiger partial charge in [-0.05, 0) is 47.4 Å². The highest BCUT2D eigenvalue weighted by Crippen LogP contribution is 2.30. The fourth-order valence-electron chi connectivity index (χ4n) is 4.43. The summed E-state index contributed by atoms with van der Waals surface area (Å²) in [7, 11) is 0. The van der Waals surface area contributed by atoms with Crippen LogP contribution in [0.4, 0.5) is 5.82 Å². The number of aromatic amines is 1. The van der Waals surface area contributed by atoms with E-state index in [1.807, 2.05) is 53.4 Å². The number of nitrogens with one attached hydrogen (secondary N) is 1. The Morgan fingerprint density at radius 2 is 1.62 bits per heavy atom. The Morgan fingerprint density at radius 3 is 2.29 bits per heavy atom. The largest absolute Gasteiger partial charge is 0.352 e. The summed E-state index contributed by atoms with van der Waals surface area (Å²) in [6.45, 7) is 4.89. The van der Waals surface area contributed by atoms with Crippen molar-refractivity contribution in [3.63, 3.8) is 0 Å². The first kappa shape index (κ1) is 22.7. The summed E-state index contributed by atoms with van der Waals surface area (Å²) >= 11 is 12.0. The van der Waals surface area contributed by atoms with Crippen molar-refractivity contribution in [1.82, 2.24) is 19.9 Å². The van der Waals surface area contributed by atoms with Crippen molar-refractivity contribution in [2.24, 2.45) is 0 Å². The van der Waals surface area contributed by atoms with Crippen molar-refractivity contribution in [3.05, 3.63) is 76.5 Å². The molecule has 0 saturated carbocycles. The van der Waals surface area contributed by atoms with Crippen molar-refractivity contribution in [3.8, 4) is 11.3 Å². The van der Waals surface area contributed by atoms with E-state index in [1.165, 1.54) is 0 Å². The molecular weight excluding hydrogens is 469 g/mol. The molecule has 1 N–H and O–H groups in total. The van der Waals surface area contributed by atoms with Crippen LogP contribution in [-0.2, 0) is 4.79 Å². The summed E-state index contributed by atoms with van der Waals surface area (Å²) in [6, 6.07) is 17.5. The normalized spacial score (nSPS) is 15.0. The molecule has 4 aromatic rings. The lowest BCUT2D eigenvalue weighted by molar-refractivity contribution is -0.131. The molecule has 1 atom stereocenters. The van der Waals surface area contributed by atoms with Gasteiger partial charge in [0.1, 0.15) is 17.8 Å². The Labute approximate surface area is 208 Å². The number of benzene rings is 2. The molecule has 0 unspecified atom stereocenters. The molecule has 0 radical (unpaired) electrons. The minimum Gasteiger partial charge on any atom is -0.352 e. The average Bonchev–Trinajstić information content (AvgIpc) is 3.29. The van der Waals surface area contributed by atoms with Gasteiger partial charge in [0, 0.05) is 48.3 Å². The molecule has 1 fully saturated rings. The number of H-pyrrole nitrogens is 1. The van der Waals surface area contributed by atoms with E-state index in [9.17, 15) is 4.79 Å². The number of halogens is 2. The summed E-state index contributed by atoms with van der Waals surface area (Å²) in [4.78, 5) is 29.5. The van der Waals surface area contributed by atoms with Crippen LogP contribution in [0.5, 0.6) is 0 Å². The zero-order valence-electron chi connectivity index (χ0n) is 18.8. The van der Waals surface area contributed by atoms with E-state index < -0.39 is 0 Å². The number of rotatable bonds is 5. The molecule has 5 rings (SSSR count). The number of aromatic nitrogens is 3. The van der Waals surface area contributed by atoms with Gasteiger partial charge in [-0.3, -0.25) is 4.79 Å². The molecule has 0 spiro atoms. The third-order valence-electron chi connectivity index (χ3n) is 6.41. The van der Waals surface area contributed by atoms with E-state index in [4.69, 9.17) is 23.2 Å². The van der Waals surface area contributed by atoms with E-state index in [1.54, 1.807) is 6.33 Å². The van der Waals surface area contributed by atoms with Crippen LogP contribution in [0.2, 0.25) is 10.0 Å². The van der Waals surface area contributed by atoms with E-state index in [0.717, 1.165) is 46.8 Å². The van der Waals surface area contributed by atoms with Gasteiger partial charge in [0.25, 0.3) is 0 Å². The number of piperazine rings is 1. The molecule has 34 heavy (non-hydrogen) atoms. The van der Waals surface area contributed by atoms with Gasteiger partial charge >= 0.3 is 0 Å². The molecule has 1 saturated heterocycles. The summed E-state index contributed by atoms with van der Waals surface area (Å²) in [5.41, 5.74) is 3.94. The Morgan fingerprint density at radius 1 is 0.971 bits per heavy atom. The smallest absolute Gasteiger partial charge is 0.223 e. The van der Waals surface area contributed by atoms with Crippen LogP contribution in [0, 0.1) is 0 Å². The van der Waals surface area contributed by atoms with E-state index in [-0.39, 0.29) is 11.8 Å². The predicted octanol–water partition coefficient (Wildman–Crippen LogP) is 5.77. The average molecular weight is 494 g/mol. The maximum absolute atomic E-state index is 12.9. The molecule has 1 aliphatic heterocycles. The Kier molecular flexibility index (Phi) is 6.44. The number of carbonyl (C=O) groups excluding carboxylic acids is 1. The van der Waals surface area contributed by atoms with Crippen molar-refractivity contribution < 1.29 is 4.79 Å². The highest BCUT2D eigenvalue weighted by Gasteiger charge is 2.25. The van der Waals surface area contributed by atoms with Gasteiger partial charge in [0.2, 0.25) is 5.91 Å². The van der Waals surface area contributed by atoms with Gasteiger partial charge in [-0.1, -0.05) is 54.4 Å². The molecule has 8 heteroatoms. The maximum Gasteiger partial charge on any atom is 0.223 e. The molecule has 174 valence electrons. The first-order chi connectivity index (χ1) is 16.5. The topological polar surface area (TPSA) is 65.1 Å². The fourth-order valence-corrected chi connectivity index (χ4v) is 4.68. The molecule has 2 aromatic heterocycles. The molecule has 6 nitrogen and oxygen atoms in total. The lowest BCUT2D eigenvalue weighted by atomic mass is 9.97. The summed E-state index contributed by atoms with van der Waals surface area (Å²) < 4.78 is 0. The van der Waals surface area contributed by atoms with Crippen LogP contribution in [0.1, 0.15) is 24.8 Å². The summed E-state index contributed by atoms with van der Waals surface area (Å²) in [5.74, 6) is 1.22. The highest BCUT2D eigenvalue weighted by atomic mass is 35.5. The van der Waals surface area contributed by atoms with Gasteiger partial charge in [0.15, 0.2) is 0 Å². The van der Waals surface area contributed by atoms with Crippen molar-refractivity contribution in [1.29, 1.82) is 0 Å². The van der Waals surface area contributed by atoms with Gasteiger partial charge < -0.3 is 14.8 Å². The van der Waals surface area contributed by atoms with Crippen molar-refractivity contribution in [2.75, 3.05) is 31.1 Å². The van der Waals surface area contributed by atoms with Gasteiger partial charge in [-0.25, -0.2) is 9.97 Å².